The highest BCUT2D eigenvalue weighted by molar-refractivity contribution is 4.75. The van der Waals surface area contributed by atoms with Crippen LogP contribution in [0.2, 0.25) is 0 Å². The lowest BCUT2D eigenvalue weighted by Crippen LogP contribution is -2.46. The van der Waals surface area contributed by atoms with Crippen LogP contribution in [0, 0.1) is 0 Å². The minimum Gasteiger partial charge on any atom is -0.313 e. The Balaban J connectivity index is 3.53. The smallest absolute Gasteiger partial charge is 0.0192 e. The lowest BCUT2D eigenvalue weighted by molar-refractivity contribution is 0.385. The van der Waals surface area contributed by atoms with Gasteiger partial charge in [0.05, 0.1) is 0 Å². The summed E-state index contributed by atoms with van der Waals surface area (Å²) < 4.78 is 0. The van der Waals surface area contributed by atoms with Crippen molar-refractivity contribution in [1.82, 2.24) is 10.6 Å². The van der Waals surface area contributed by atoms with Crippen molar-refractivity contribution in [3.8, 4) is 0 Å². The summed E-state index contributed by atoms with van der Waals surface area (Å²) in [5, 5.41) is 6.96. The van der Waals surface area contributed by atoms with Gasteiger partial charge in [0.15, 0.2) is 0 Å². The Morgan fingerprint density at radius 2 is 1.58 bits per heavy atom. The maximum Gasteiger partial charge on any atom is 0.0192 e. The van der Waals surface area contributed by atoms with Crippen LogP contribution < -0.4 is 10.6 Å². The topological polar surface area (TPSA) is 24.1 Å². The zero-order chi connectivity index (χ0) is 9.56. The Morgan fingerprint density at radius 3 is 2.00 bits per heavy atom. The molecule has 0 fully saturated rings. The first-order valence-electron chi connectivity index (χ1n) is 5.07. The van der Waals surface area contributed by atoms with Crippen molar-refractivity contribution in [3.05, 3.63) is 0 Å². The van der Waals surface area contributed by atoms with Gasteiger partial charge < -0.3 is 10.6 Å². The van der Waals surface area contributed by atoms with Gasteiger partial charge in [-0.3, -0.25) is 0 Å². The molecule has 0 rings (SSSR count). The van der Waals surface area contributed by atoms with E-state index in [1.54, 1.807) is 0 Å². The predicted octanol–water partition coefficient (Wildman–Crippen LogP) is 1.76. The molecule has 2 nitrogen and oxygen atoms in total. The van der Waals surface area contributed by atoms with E-state index >= 15 is 0 Å². The molecule has 0 saturated heterocycles. The molecule has 0 aromatic rings. The molecule has 0 aliphatic rings. The van der Waals surface area contributed by atoms with E-state index in [9.17, 15) is 0 Å². The molecular formula is C10H24N2. The summed E-state index contributed by atoms with van der Waals surface area (Å²) in [5.41, 5.74) is 0. The van der Waals surface area contributed by atoms with E-state index in [2.05, 4.69) is 45.3 Å². The van der Waals surface area contributed by atoms with Gasteiger partial charge in [-0.2, -0.15) is 0 Å². The van der Waals surface area contributed by atoms with Crippen LogP contribution in [-0.2, 0) is 0 Å². The minimum atomic E-state index is 0.552. The van der Waals surface area contributed by atoms with Crippen LogP contribution in [-0.4, -0.2) is 24.7 Å². The zero-order valence-electron chi connectivity index (χ0n) is 9.15. The van der Waals surface area contributed by atoms with Gasteiger partial charge in [0, 0.05) is 18.1 Å². The highest BCUT2D eigenvalue weighted by Crippen LogP contribution is 1.93. The Labute approximate surface area is 77.1 Å². The molecule has 0 radical (unpaired) electrons. The first-order valence-corrected chi connectivity index (χ1v) is 5.07. The molecule has 74 valence electrons. The monoisotopic (exact) mass is 172 g/mol. The van der Waals surface area contributed by atoms with Gasteiger partial charge in [-0.1, -0.05) is 20.8 Å². The summed E-state index contributed by atoms with van der Waals surface area (Å²) in [6.45, 7) is 12.1. The predicted molar refractivity (Wildman–Crippen MR) is 55.5 cm³/mol. The maximum atomic E-state index is 3.49. The van der Waals surface area contributed by atoms with Crippen LogP contribution in [0.1, 0.15) is 41.0 Å². The maximum absolute atomic E-state index is 3.49. The van der Waals surface area contributed by atoms with Crippen molar-refractivity contribution in [1.29, 1.82) is 0 Å². The average Bonchev–Trinajstić information content (AvgIpc) is 1.98. The van der Waals surface area contributed by atoms with Gasteiger partial charge >= 0.3 is 0 Å². The van der Waals surface area contributed by atoms with Gasteiger partial charge in [0.25, 0.3) is 0 Å². The van der Waals surface area contributed by atoms with Gasteiger partial charge in [0.1, 0.15) is 0 Å². The van der Waals surface area contributed by atoms with Crippen LogP contribution in [0.4, 0.5) is 0 Å². The van der Waals surface area contributed by atoms with Crippen molar-refractivity contribution < 1.29 is 0 Å². The zero-order valence-corrected chi connectivity index (χ0v) is 9.15. The molecule has 2 heteroatoms. The summed E-state index contributed by atoms with van der Waals surface area (Å²) in [5.74, 6) is 0. The van der Waals surface area contributed by atoms with Crippen LogP contribution in [0.3, 0.4) is 0 Å². The summed E-state index contributed by atoms with van der Waals surface area (Å²) in [7, 11) is 0. The summed E-state index contributed by atoms with van der Waals surface area (Å²) >= 11 is 0. The summed E-state index contributed by atoms with van der Waals surface area (Å²) in [6.07, 6.45) is 1.21. The largest absolute Gasteiger partial charge is 0.313 e. The number of rotatable bonds is 6. The standard InChI is InChI=1S/C10H24N2/c1-6-7-11-9(4)10(5)12-8(2)3/h8-12H,6-7H2,1-5H3/t9?,10-/m1/s1. The number of hydrogen-bond donors (Lipinski definition) is 2. The molecule has 0 bridgehead atoms. The van der Waals surface area contributed by atoms with E-state index in [4.69, 9.17) is 0 Å². The fourth-order valence-corrected chi connectivity index (χ4v) is 1.22. The molecule has 2 atom stereocenters. The fourth-order valence-electron chi connectivity index (χ4n) is 1.22. The molecule has 0 amide bonds. The third-order valence-electron chi connectivity index (χ3n) is 2.06. The van der Waals surface area contributed by atoms with Crippen LogP contribution in [0.15, 0.2) is 0 Å². The molecule has 0 aliphatic carbocycles. The van der Waals surface area contributed by atoms with Crippen molar-refractivity contribution >= 4 is 0 Å². The first-order chi connectivity index (χ1) is 5.57. The molecule has 0 aliphatic heterocycles. The molecule has 0 heterocycles. The molecular weight excluding hydrogens is 148 g/mol. The quantitative estimate of drug-likeness (QED) is 0.638. The Bertz CT molecular complexity index is 102. The van der Waals surface area contributed by atoms with E-state index in [1.165, 1.54) is 6.42 Å². The Kier molecular flexibility index (Phi) is 6.39. The summed E-state index contributed by atoms with van der Waals surface area (Å²) in [6, 6.07) is 1.69. The van der Waals surface area contributed by atoms with Gasteiger partial charge in [-0.15, -0.1) is 0 Å². The molecule has 0 saturated carbocycles. The normalized spacial score (nSPS) is 16.5. The SMILES string of the molecule is CCCNC(C)[C@@H](C)NC(C)C. The second-order valence-electron chi connectivity index (χ2n) is 3.85. The van der Waals surface area contributed by atoms with Crippen LogP contribution in [0.5, 0.6) is 0 Å². The molecule has 0 spiro atoms. The Morgan fingerprint density at radius 1 is 1.00 bits per heavy atom. The summed E-state index contributed by atoms with van der Waals surface area (Å²) in [4.78, 5) is 0. The number of nitrogens with one attached hydrogen (secondary N) is 2. The van der Waals surface area contributed by atoms with Gasteiger partial charge in [0.2, 0.25) is 0 Å². The third kappa shape index (κ3) is 5.56. The first kappa shape index (κ1) is 11.9. The van der Waals surface area contributed by atoms with E-state index < -0.39 is 0 Å². The fraction of sp³-hybridized carbons (Fsp3) is 1.00. The minimum absolute atomic E-state index is 0.552. The number of hydrogen-bond acceptors (Lipinski definition) is 2. The highest BCUT2D eigenvalue weighted by atomic mass is 15.0. The van der Waals surface area contributed by atoms with Gasteiger partial charge in [-0.25, -0.2) is 0 Å². The van der Waals surface area contributed by atoms with E-state index in [-0.39, 0.29) is 0 Å². The van der Waals surface area contributed by atoms with Crippen molar-refractivity contribution in [2.24, 2.45) is 0 Å². The molecule has 0 aromatic carbocycles. The third-order valence-corrected chi connectivity index (χ3v) is 2.06. The lowest BCUT2D eigenvalue weighted by atomic mass is 10.1. The highest BCUT2D eigenvalue weighted by Gasteiger charge is 2.10. The average molecular weight is 172 g/mol. The molecule has 12 heavy (non-hydrogen) atoms. The van der Waals surface area contributed by atoms with Crippen molar-refractivity contribution in [2.45, 2.75) is 59.2 Å². The van der Waals surface area contributed by atoms with Crippen LogP contribution >= 0.6 is 0 Å². The van der Waals surface area contributed by atoms with E-state index in [1.807, 2.05) is 0 Å². The van der Waals surface area contributed by atoms with Crippen LogP contribution in [0.25, 0.3) is 0 Å². The van der Waals surface area contributed by atoms with E-state index in [0.717, 1.165) is 6.54 Å². The molecule has 1 unspecified atom stereocenters. The molecule has 0 aromatic heterocycles. The van der Waals surface area contributed by atoms with E-state index in [0.29, 0.717) is 18.1 Å². The second kappa shape index (κ2) is 6.44. The molecule has 2 N–H and O–H groups in total. The second-order valence-corrected chi connectivity index (χ2v) is 3.85. The van der Waals surface area contributed by atoms with Gasteiger partial charge in [-0.05, 0) is 26.8 Å². The van der Waals surface area contributed by atoms with Crippen molar-refractivity contribution in [2.75, 3.05) is 6.54 Å². The van der Waals surface area contributed by atoms with Crippen molar-refractivity contribution in [3.63, 3.8) is 0 Å². The lowest BCUT2D eigenvalue weighted by Gasteiger charge is -2.24. The Hall–Kier alpha value is -0.0800.